The molecule has 0 aliphatic heterocycles. The van der Waals surface area contributed by atoms with E-state index in [-0.39, 0.29) is 5.56 Å². The summed E-state index contributed by atoms with van der Waals surface area (Å²) in [7, 11) is -4.97. The van der Waals surface area contributed by atoms with Gasteiger partial charge >= 0.3 is 6.18 Å². The molecule has 0 aliphatic carbocycles. The van der Waals surface area contributed by atoms with Crippen molar-refractivity contribution < 1.29 is 27.5 Å². The van der Waals surface area contributed by atoms with Crippen molar-refractivity contribution in [1.29, 1.82) is 0 Å². The maximum absolute atomic E-state index is 12.3. The van der Waals surface area contributed by atoms with E-state index in [1.165, 1.54) is 24.3 Å². The quantitative estimate of drug-likeness (QED) is 0.778. The van der Waals surface area contributed by atoms with Gasteiger partial charge in [-0.15, -0.1) is 0 Å². The van der Waals surface area contributed by atoms with Crippen LogP contribution in [0.15, 0.2) is 30.3 Å². The van der Waals surface area contributed by atoms with Gasteiger partial charge in [0.25, 0.3) is 0 Å². The molecule has 0 fully saturated rings. The van der Waals surface area contributed by atoms with E-state index in [4.69, 9.17) is 0 Å². The monoisotopic (exact) mass is 266 g/mol. The fourth-order valence-corrected chi connectivity index (χ4v) is 2.44. The lowest BCUT2D eigenvalue weighted by Gasteiger charge is -2.34. The average Bonchev–Trinajstić information content (AvgIpc) is 2.14. The van der Waals surface area contributed by atoms with Gasteiger partial charge in [0.2, 0.25) is 0 Å². The van der Waals surface area contributed by atoms with Gasteiger partial charge in [-0.1, -0.05) is 37.9 Å². The molecule has 0 amide bonds. The Balaban J connectivity index is 2.91. The van der Waals surface area contributed by atoms with Crippen molar-refractivity contribution in [2.24, 2.45) is 0 Å². The highest BCUT2D eigenvalue weighted by atomic mass is 31.2. The Hall–Kier alpha value is -0.840. The molecule has 96 valence electrons. The van der Waals surface area contributed by atoms with Crippen LogP contribution in [0, 0.1) is 0 Å². The van der Waals surface area contributed by atoms with E-state index in [9.17, 15) is 27.5 Å². The van der Waals surface area contributed by atoms with Crippen LogP contribution >= 0.6 is 7.60 Å². The van der Waals surface area contributed by atoms with Gasteiger partial charge in [0.1, 0.15) is 0 Å². The lowest BCUT2D eigenvalue weighted by Crippen LogP contribution is -2.24. The number of rotatable bonds is 4. The summed E-state index contributed by atoms with van der Waals surface area (Å²) in [5.41, 5.74) is 0.205. The molecule has 3 nitrogen and oxygen atoms in total. The molecule has 0 heterocycles. The second-order valence-electron chi connectivity index (χ2n) is 3.72. The molecule has 0 N–H and O–H groups in total. The van der Waals surface area contributed by atoms with Crippen LogP contribution in [0.25, 0.3) is 0 Å². The van der Waals surface area contributed by atoms with Crippen LogP contribution in [0.3, 0.4) is 0 Å². The molecule has 1 aromatic carbocycles. The van der Waals surface area contributed by atoms with Crippen LogP contribution in [0.1, 0.15) is 17.9 Å². The van der Waals surface area contributed by atoms with E-state index in [1.807, 2.05) is 0 Å². The first kappa shape index (κ1) is 14.2. The summed E-state index contributed by atoms with van der Waals surface area (Å²) in [6.07, 6.45) is -6.84. The normalized spacial score (nSPS) is 14.6. The smallest absolute Gasteiger partial charge is 0.389 e. The fraction of sp³-hybridized carbons (Fsp3) is 0.400. The third kappa shape index (κ3) is 5.86. The summed E-state index contributed by atoms with van der Waals surface area (Å²) in [5.74, 6) is -1.34. The molecule has 0 aromatic heterocycles. The van der Waals surface area contributed by atoms with Gasteiger partial charge in [-0.05, 0) is 17.6 Å². The molecule has 0 saturated carbocycles. The van der Waals surface area contributed by atoms with Gasteiger partial charge in [-0.25, -0.2) is 0 Å². The molecule has 0 bridgehead atoms. The number of hydrogen-bond acceptors (Lipinski definition) is 3. The zero-order valence-corrected chi connectivity index (χ0v) is 9.58. The summed E-state index contributed by atoms with van der Waals surface area (Å²) >= 11 is 0. The Morgan fingerprint density at radius 2 is 1.71 bits per heavy atom. The van der Waals surface area contributed by atoms with E-state index in [2.05, 4.69) is 0 Å². The zero-order chi connectivity index (χ0) is 13.1. The van der Waals surface area contributed by atoms with E-state index < -0.39 is 32.3 Å². The molecule has 0 aliphatic rings. The predicted octanol–water partition coefficient (Wildman–Crippen LogP) is 1.64. The molecule has 7 heteroatoms. The third-order valence-electron chi connectivity index (χ3n) is 2.19. The summed E-state index contributed by atoms with van der Waals surface area (Å²) in [4.78, 5) is 21.2. The zero-order valence-electron chi connectivity index (χ0n) is 8.68. The number of hydrogen-bond donors (Lipinski definition) is 0. The number of alkyl halides is 3. The molecular formula is C10H10F3O3P-2. The van der Waals surface area contributed by atoms with Gasteiger partial charge in [-0.2, -0.15) is 13.2 Å². The van der Waals surface area contributed by atoms with Crippen LogP contribution in [-0.4, -0.2) is 12.3 Å². The van der Waals surface area contributed by atoms with Crippen molar-refractivity contribution in [3.63, 3.8) is 0 Å². The van der Waals surface area contributed by atoms with Gasteiger partial charge in [0, 0.05) is 0 Å². The van der Waals surface area contributed by atoms with E-state index in [0.29, 0.717) is 0 Å². The summed E-state index contributed by atoms with van der Waals surface area (Å²) in [6, 6.07) is 7.36. The number of benzene rings is 1. The van der Waals surface area contributed by atoms with Crippen LogP contribution in [0.2, 0.25) is 0 Å². The molecule has 0 radical (unpaired) electrons. The van der Waals surface area contributed by atoms with Crippen LogP contribution in [0.4, 0.5) is 13.2 Å². The molecule has 17 heavy (non-hydrogen) atoms. The maximum Gasteiger partial charge on any atom is 0.389 e. The Labute approximate surface area is 96.4 Å². The summed E-state index contributed by atoms with van der Waals surface area (Å²) < 4.78 is 47.4. The second kappa shape index (κ2) is 5.21. The summed E-state index contributed by atoms with van der Waals surface area (Å²) in [5, 5.41) is 0. The van der Waals surface area contributed by atoms with Gasteiger partial charge in [0.05, 0.1) is 6.42 Å². The highest BCUT2D eigenvalue weighted by Crippen LogP contribution is 2.38. The Kier molecular flexibility index (Phi) is 4.36. The highest BCUT2D eigenvalue weighted by Gasteiger charge is 2.32. The molecule has 1 rings (SSSR count). The first-order chi connectivity index (χ1) is 7.67. The Bertz CT molecular complexity index is 399. The molecule has 1 unspecified atom stereocenters. The van der Waals surface area contributed by atoms with Crippen molar-refractivity contribution >= 4 is 7.60 Å². The Morgan fingerprint density at radius 3 is 2.12 bits per heavy atom. The first-order valence-corrected chi connectivity index (χ1v) is 6.53. The molecule has 1 atom stereocenters. The van der Waals surface area contributed by atoms with Crippen LogP contribution in [0.5, 0.6) is 0 Å². The van der Waals surface area contributed by atoms with E-state index in [0.717, 1.165) is 0 Å². The predicted molar refractivity (Wildman–Crippen MR) is 52.3 cm³/mol. The van der Waals surface area contributed by atoms with Gasteiger partial charge in [-0.3, -0.25) is 0 Å². The largest absolute Gasteiger partial charge is 0.811 e. The lowest BCUT2D eigenvalue weighted by atomic mass is 9.97. The van der Waals surface area contributed by atoms with Gasteiger partial charge < -0.3 is 14.4 Å². The average molecular weight is 266 g/mol. The van der Waals surface area contributed by atoms with Crippen LogP contribution in [-0.2, 0) is 4.57 Å². The number of halogens is 3. The minimum atomic E-state index is -4.97. The lowest BCUT2D eigenvalue weighted by molar-refractivity contribution is -0.313. The first-order valence-electron chi connectivity index (χ1n) is 4.80. The van der Waals surface area contributed by atoms with E-state index in [1.54, 1.807) is 6.07 Å². The molecule has 1 aromatic rings. The highest BCUT2D eigenvalue weighted by molar-refractivity contribution is 7.48. The topological polar surface area (TPSA) is 63.2 Å². The SMILES string of the molecule is O=P([O-])([O-])CC(CC(F)(F)F)c1ccccc1. The van der Waals surface area contributed by atoms with Gasteiger partial charge in [0.15, 0.2) is 0 Å². The van der Waals surface area contributed by atoms with Crippen molar-refractivity contribution in [3.8, 4) is 0 Å². The standard InChI is InChI=1S/C10H12F3O3P/c11-10(12,13)6-9(7-17(14,15)16)8-4-2-1-3-5-8/h1-5,9H,6-7H2,(H2,14,15,16)/p-2. The summed E-state index contributed by atoms with van der Waals surface area (Å²) in [6.45, 7) is 0. The minimum absolute atomic E-state index is 0.205. The fourth-order valence-electron chi connectivity index (χ4n) is 1.56. The molecule has 0 spiro atoms. The minimum Gasteiger partial charge on any atom is -0.811 e. The van der Waals surface area contributed by atoms with Crippen molar-refractivity contribution in [2.45, 2.75) is 18.5 Å². The molecular weight excluding hydrogens is 256 g/mol. The molecule has 0 saturated heterocycles. The Morgan fingerprint density at radius 1 is 1.18 bits per heavy atom. The second-order valence-corrected chi connectivity index (χ2v) is 5.31. The van der Waals surface area contributed by atoms with Crippen LogP contribution < -0.4 is 9.79 Å². The maximum atomic E-state index is 12.3. The van der Waals surface area contributed by atoms with Crippen molar-refractivity contribution in [3.05, 3.63) is 35.9 Å². The van der Waals surface area contributed by atoms with E-state index >= 15 is 0 Å². The van der Waals surface area contributed by atoms with Crippen molar-refractivity contribution in [1.82, 2.24) is 0 Å². The van der Waals surface area contributed by atoms with Crippen molar-refractivity contribution in [2.75, 3.05) is 6.16 Å². The third-order valence-corrected chi connectivity index (χ3v) is 3.08.